The molecule has 0 heterocycles. The van der Waals surface area contributed by atoms with E-state index in [-0.39, 0.29) is 0 Å². The van der Waals surface area contributed by atoms with Gasteiger partial charge in [0.05, 0.1) is 0 Å². The van der Waals surface area contributed by atoms with Crippen LogP contribution in [-0.4, -0.2) is 25.6 Å². The minimum absolute atomic E-state index is 0.610. The van der Waals surface area contributed by atoms with Crippen molar-refractivity contribution in [2.45, 2.75) is 0 Å². The summed E-state index contributed by atoms with van der Waals surface area (Å²) in [5, 5.41) is 9.53. The van der Waals surface area contributed by atoms with Gasteiger partial charge in [-0.2, -0.15) is 0 Å². The highest BCUT2D eigenvalue weighted by molar-refractivity contribution is 8.13. The van der Waals surface area contributed by atoms with Crippen LogP contribution < -0.4 is 0 Å². The Hall–Kier alpha value is -0.360. The Morgan fingerprint density at radius 2 is 2.00 bits per heavy atom. The highest BCUT2D eigenvalue weighted by atomic mass is 35.7. The fourth-order valence-corrected chi connectivity index (χ4v) is 0.758. The summed E-state index contributed by atoms with van der Waals surface area (Å²) >= 11 is 0. The van der Waals surface area contributed by atoms with E-state index in [0.717, 1.165) is 0 Å². The molecule has 0 saturated carbocycles. The Morgan fingerprint density at radius 3 is 2.11 bits per heavy atom. The predicted octanol–water partition coefficient (Wildman–Crippen LogP) is -0.168. The second-order valence-corrected chi connectivity index (χ2v) is 4.20. The first kappa shape index (κ1) is 8.64. The number of nitrogens with zero attached hydrogens (tertiary/aromatic N) is 1. The largest absolute Gasteiger partial charge is 0.265 e. The maximum absolute atomic E-state index is 10.00. The van der Waals surface area contributed by atoms with E-state index in [1.165, 1.54) is 0 Å². The number of halogens is 1. The normalized spacial score (nSPS) is 11.2. The minimum atomic E-state index is -3.69. The van der Waals surface area contributed by atoms with Gasteiger partial charge in [-0.15, -0.1) is 0 Å². The van der Waals surface area contributed by atoms with Crippen molar-refractivity contribution in [3.8, 4) is 0 Å². The molecule has 54 valence electrons. The van der Waals surface area contributed by atoms with Crippen LogP contribution in [0.5, 0.6) is 0 Å². The molecule has 7 heteroatoms. The number of hydrogen-bond donors (Lipinski definition) is 0. The summed E-state index contributed by atoms with van der Waals surface area (Å²) in [4.78, 5) is 8.79. The van der Waals surface area contributed by atoms with E-state index in [1.807, 2.05) is 0 Å². The van der Waals surface area contributed by atoms with Crippen molar-refractivity contribution in [2.24, 2.45) is 0 Å². The van der Waals surface area contributed by atoms with Gasteiger partial charge in [0.25, 0.3) is 0 Å². The Bertz CT molecular complexity index is 197. The fourth-order valence-electron chi connectivity index (χ4n) is 0.184. The van der Waals surface area contributed by atoms with Crippen LogP contribution in [0.1, 0.15) is 0 Å². The second kappa shape index (κ2) is 2.98. The van der Waals surface area contributed by atoms with Gasteiger partial charge in [0.1, 0.15) is 5.75 Å². The number of hydrogen-bond acceptors (Lipinski definition) is 4. The summed E-state index contributed by atoms with van der Waals surface area (Å²) in [6, 6.07) is 0. The van der Waals surface area contributed by atoms with E-state index in [2.05, 4.69) is 10.7 Å². The van der Waals surface area contributed by atoms with Gasteiger partial charge < -0.3 is 0 Å². The lowest BCUT2D eigenvalue weighted by Gasteiger charge is -1.87. The summed E-state index contributed by atoms with van der Waals surface area (Å²) in [6.45, 7) is -0.633. The molecule has 0 rings (SSSR count). The molecule has 0 aliphatic carbocycles. The summed E-state index contributed by atoms with van der Waals surface area (Å²) < 4.78 is 20.0. The summed E-state index contributed by atoms with van der Waals surface area (Å²) in [7, 11) is 0.956. The molecule has 5 nitrogen and oxygen atoms in total. The third-order valence-electron chi connectivity index (χ3n) is 0.518. The van der Waals surface area contributed by atoms with Crippen molar-refractivity contribution in [1.82, 2.24) is 0 Å². The Kier molecular flexibility index (Phi) is 2.86. The Balaban J connectivity index is 3.67. The third-order valence-corrected chi connectivity index (χ3v) is 1.65. The minimum Gasteiger partial charge on any atom is -0.265 e. The quantitative estimate of drug-likeness (QED) is 0.337. The average Bonchev–Trinajstić information content (AvgIpc) is 1.59. The molecule has 0 aromatic rings. The van der Waals surface area contributed by atoms with Crippen LogP contribution in [0.2, 0.25) is 0 Å². The Morgan fingerprint density at radius 1 is 1.56 bits per heavy atom. The second-order valence-electron chi connectivity index (χ2n) is 1.30. The highest BCUT2D eigenvalue weighted by Crippen LogP contribution is 1.94. The molecule has 0 atom stereocenters. The maximum Gasteiger partial charge on any atom is 0.239 e. The van der Waals surface area contributed by atoms with E-state index >= 15 is 0 Å². The van der Waals surface area contributed by atoms with Gasteiger partial charge >= 0.3 is 0 Å². The van der Waals surface area contributed by atoms with Crippen LogP contribution >= 0.6 is 10.7 Å². The van der Waals surface area contributed by atoms with Gasteiger partial charge in [-0.25, -0.2) is 8.42 Å². The summed E-state index contributed by atoms with van der Waals surface area (Å²) in [5.41, 5.74) is 0. The lowest BCUT2D eigenvalue weighted by molar-refractivity contribution is -0.474. The van der Waals surface area contributed by atoms with E-state index in [9.17, 15) is 18.5 Å². The van der Waals surface area contributed by atoms with Crippen molar-refractivity contribution in [3.63, 3.8) is 0 Å². The van der Waals surface area contributed by atoms with Crippen LogP contribution in [0.25, 0.3) is 0 Å². The third kappa shape index (κ3) is 7.64. The first-order valence-corrected chi connectivity index (χ1v) is 4.44. The van der Waals surface area contributed by atoms with Gasteiger partial charge in [-0.05, 0) is 0 Å². The zero-order valence-corrected chi connectivity index (χ0v) is 5.85. The summed E-state index contributed by atoms with van der Waals surface area (Å²) in [5.74, 6) is -0.610. The molecule has 0 fully saturated rings. The molecule has 0 aliphatic heterocycles. The molecule has 0 N–H and O–H groups in total. The molecule has 0 spiro atoms. The predicted molar refractivity (Wildman–Crippen MR) is 31.5 cm³/mol. The van der Waals surface area contributed by atoms with Crippen molar-refractivity contribution in [2.75, 3.05) is 12.3 Å². The molecule has 0 aliphatic rings. The molecule has 0 aromatic heterocycles. The zero-order chi connectivity index (χ0) is 7.49. The molecule has 0 saturated heterocycles. The van der Waals surface area contributed by atoms with Crippen molar-refractivity contribution in [1.29, 1.82) is 0 Å². The van der Waals surface area contributed by atoms with Gasteiger partial charge in [-0.1, -0.05) is 0 Å². The highest BCUT2D eigenvalue weighted by Gasteiger charge is 2.08. The smallest absolute Gasteiger partial charge is 0.239 e. The van der Waals surface area contributed by atoms with E-state index in [0.29, 0.717) is 0 Å². The average molecular weight is 174 g/mol. The van der Waals surface area contributed by atoms with Crippen molar-refractivity contribution >= 4 is 19.7 Å². The van der Waals surface area contributed by atoms with Crippen LogP contribution in [0, 0.1) is 10.1 Å². The number of rotatable bonds is 3. The topological polar surface area (TPSA) is 77.3 Å². The standard InChI is InChI=1S/C2H4ClNO4S/c3-9(7,8)2-1-4(5)6/h1-2H2. The molecule has 0 unspecified atom stereocenters. The molecule has 9 heavy (non-hydrogen) atoms. The monoisotopic (exact) mass is 173 g/mol. The van der Waals surface area contributed by atoms with E-state index in [1.54, 1.807) is 0 Å². The van der Waals surface area contributed by atoms with Gasteiger partial charge in [0.15, 0.2) is 0 Å². The molecular formula is C2H4ClNO4S. The first-order chi connectivity index (χ1) is 3.92. The van der Waals surface area contributed by atoms with Crippen LogP contribution in [0.15, 0.2) is 0 Å². The SMILES string of the molecule is O=[N+]([O-])CCS(=O)(=O)Cl. The van der Waals surface area contributed by atoms with Crippen LogP contribution in [0.3, 0.4) is 0 Å². The molecule has 0 aromatic carbocycles. The van der Waals surface area contributed by atoms with Crippen molar-refractivity contribution < 1.29 is 13.3 Å². The molecule has 0 bridgehead atoms. The van der Waals surface area contributed by atoms with Crippen molar-refractivity contribution in [3.05, 3.63) is 10.1 Å². The van der Waals surface area contributed by atoms with Gasteiger partial charge in [0, 0.05) is 15.6 Å². The fraction of sp³-hybridized carbons (Fsp3) is 1.00. The van der Waals surface area contributed by atoms with E-state index in [4.69, 9.17) is 0 Å². The molecule has 0 amide bonds. The molecular weight excluding hydrogens is 170 g/mol. The van der Waals surface area contributed by atoms with Gasteiger partial charge in [-0.3, -0.25) is 10.1 Å². The van der Waals surface area contributed by atoms with Crippen LogP contribution in [-0.2, 0) is 9.05 Å². The van der Waals surface area contributed by atoms with E-state index < -0.39 is 26.3 Å². The van der Waals surface area contributed by atoms with Crippen LogP contribution in [0.4, 0.5) is 0 Å². The maximum atomic E-state index is 10.00. The lowest BCUT2D eigenvalue weighted by atomic mass is 10.8. The zero-order valence-electron chi connectivity index (χ0n) is 4.28. The Labute approximate surface area is 56.2 Å². The summed E-state index contributed by atoms with van der Waals surface area (Å²) in [6.07, 6.45) is 0. The first-order valence-electron chi connectivity index (χ1n) is 1.96. The molecule has 0 radical (unpaired) electrons. The lowest BCUT2D eigenvalue weighted by Crippen LogP contribution is -2.10. The number of nitro groups is 1. The van der Waals surface area contributed by atoms with Gasteiger partial charge in [0.2, 0.25) is 15.6 Å².